The molecule has 0 saturated heterocycles. The Hall–Kier alpha value is -3.68. The maximum atomic E-state index is 13.7. The largest absolute Gasteiger partial charge is 0.478 e. The second kappa shape index (κ2) is 10.2. The van der Waals surface area contributed by atoms with Gasteiger partial charge in [0, 0.05) is 11.6 Å². The molecule has 2 aromatic carbocycles. The summed E-state index contributed by atoms with van der Waals surface area (Å²) in [6.07, 6.45) is -3.38. The van der Waals surface area contributed by atoms with E-state index in [4.69, 9.17) is 16.7 Å². The van der Waals surface area contributed by atoms with Gasteiger partial charge in [0.05, 0.1) is 52.0 Å². The molecule has 9 nitrogen and oxygen atoms in total. The Morgan fingerprint density at radius 3 is 2.39 bits per heavy atom. The number of fused-ring (bicyclic) bond motifs is 1. The molecule has 2 N–H and O–H groups in total. The minimum Gasteiger partial charge on any atom is -0.478 e. The summed E-state index contributed by atoms with van der Waals surface area (Å²) < 4.78 is 69.2. The monoisotopic (exact) mass is 568 g/mol. The zero-order valence-electron chi connectivity index (χ0n) is 19.6. The van der Waals surface area contributed by atoms with Crippen molar-refractivity contribution in [2.24, 2.45) is 0 Å². The van der Waals surface area contributed by atoms with E-state index in [-0.39, 0.29) is 23.5 Å². The first-order valence-electron chi connectivity index (χ1n) is 11.0. The summed E-state index contributed by atoms with van der Waals surface area (Å²) in [5.74, 6) is -1.70. The third-order valence-electron chi connectivity index (χ3n) is 5.54. The molecule has 2 aromatic heterocycles. The topological polar surface area (TPSA) is 126 Å². The van der Waals surface area contributed by atoms with Crippen molar-refractivity contribution in [2.75, 3.05) is 4.31 Å². The quantitative estimate of drug-likeness (QED) is 0.319. The van der Waals surface area contributed by atoms with E-state index in [1.54, 1.807) is 29.8 Å². The van der Waals surface area contributed by atoms with Crippen molar-refractivity contribution in [3.05, 3.63) is 82.6 Å². The number of halogens is 4. The third kappa shape index (κ3) is 5.59. The fraction of sp³-hybridized carbons (Fsp3) is 0.208. The smallest absolute Gasteiger partial charge is 0.417 e. The molecular formula is C24H20ClF3N4O5S. The Bertz CT molecular complexity index is 1610. The molecule has 38 heavy (non-hydrogen) atoms. The number of rotatable bonds is 8. The van der Waals surface area contributed by atoms with Crippen molar-refractivity contribution in [3.8, 4) is 0 Å². The van der Waals surface area contributed by atoms with E-state index in [1.807, 2.05) is 0 Å². The number of carboxylic acid groups (broad SMARTS) is 1. The number of pyridine rings is 1. The highest BCUT2D eigenvalue weighted by Crippen LogP contribution is 2.36. The summed E-state index contributed by atoms with van der Waals surface area (Å²) in [5, 5.41) is 23.1. The molecule has 0 aliphatic rings. The van der Waals surface area contributed by atoms with Crippen LogP contribution in [0.1, 0.15) is 28.4 Å². The van der Waals surface area contributed by atoms with E-state index < -0.39 is 44.7 Å². The molecule has 0 radical (unpaired) electrons. The van der Waals surface area contributed by atoms with Crippen LogP contribution in [0.4, 0.5) is 19.0 Å². The van der Waals surface area contributed by atoms with Gasteiger partial charge in [0.15, 0.2) is 5.82 Å². The number of aromatic carboxylic acids is 1. The van der Waals surface area contributed by atoms with Gasteiger partial charge in [-0.2, -0.15) is 18.3 Å². The van der Waals surface area contributed by atoms with Crippen LogP contribution in [0.3, 0.4) is 0 Å². The molecule has 1 unspecified atom stereocenters. The van der Waals surface area contributed by atoms with Gasteiger partial charge in [0.25, 0.3) is 10.0 Å². The first-order valence-corrected chi connectivity index (χ1v) is 12.8. The molecule has 0 saturated carbocycles. The average molecular weight is 569 g/mol. The van der Waals surface area contributed by atoms with E-state index in [9.17, 15) is 31.5 Å². The van der Waals surface area contributed by atoms with Crippen LogP contribution in [0.2, 0.25) is 5.02 Å². The number of carbonyl (C=O) groups is 1. The van der Waals surface area contributed by atoms with Gasteiger partial charge in [-0.15, -0.1) is 0 Å². The van der Waals surface area contributed by atoms with Crippen LogP contribution in [-0.2, 0) is 29.3 Å². The van der Waals surface area contributed by atoms with Crippen LogP contribution in [-0.4, -0.2) is 45.5 Å². The van der Waals surface area contributed by atoms with E-state index in [0.717, 1.165) is 28.6 Å². The number of anilines is 1. The fourth-order valence-corrected chi connectivity index (χ4v) is 5.48. The number of benzene rings is 2. The molecule has 200 valence electrons. The summed E-state index contributed by atoms with van der Waals surface area (Å²) in [7, 11) is -4.47. The molecule has 0 aliphatic carbocycles. The standard InChI is InChI=1S/C24H20ClF3N4O5S/c1-14(33)12-31-21-7-2-15(8-17(21)10-30-31)13-32(22-20(25)9-18(11-29-22)24(26,27)28)38(36,37)19-5-3-16(4-6-19)23(34)35/h2-11,14,33H,12-13H2,1H3,(H,34,35). The molecule has 4 aromatic rings. The third-order valence-corrected chi connectivity index (χ3v) is 7.57. The highest BCUT2D eigenvalue weighted by Gasteiger charge is 2.34. The van der Waals surface area contributed by atoms with Crippen molar-refractivity contribution < 1.29 is 36.6 Å². The van der Waals surface area contributed by atoms with Crippen molar-refractivity contribution in [3.63, 3.8) is 0 Å². The summed E-state index contributed by atoms with van der Waals surface area (Å²) in [6, 6.07) is 9.86. The van der Waals surface area contributed by atoms with Crippen molar-refractivity contribution in [1.82, 2.24) is 14.8 Å². The van der Waals surface area contributed by atoms with Crippen LogP contribution < -0.4 is 4.31 Å². The molecule has 0 aliphatic heterocycles. The Morgan fingerprint density at radius 2 is 1.82 bits per heavy atom. The second-order valence-electron chi connectivity index (χ2n) is 8.44. The van der Waals surface area contributed by atoms with Crippen molar-refractivity contribution >= 4 is 44.3 Å². The van der Waals surface area contributed by atoms with Gasteiger partial charge in [0.1, 0.15) is 0 Å². The second-order valence-corrected chi connectivity index (χ2v) is 10.7. The highest BCUT2D eigenvalue weighted by molar-refractivity contribution is 7.92. The number of nitrogens with zero attached hydrogens (tertiary/aromatic N) is 4. The van der Waals surface area contributed by atoms with E-state index in [0.29, 0.717) is 28.7 Å². The van der Waals surface area contributed by atoms with Crippen molar-refractivity contribution in [2.45, 2.75) is 37.2 Å². The molecule has 4 rings (SSSR count). The number of sulfonamides is 1. The lowest BCUT2D eigenvalue weighted by Gasteiger charge is -2.25. The number of hydrogen-bond donors (Lipinski definition) is 2. The van der Waals surface area contributed by atoms with Crippen LogP contribution in [0.5, 0.6) is 0 Å². The molecule has 2 heterocycles. The number of aromatic nitrogens is 3. The van der Waals surface area contributed by atoms with Crippen LogP contribution >= 0.6 is 11.6 Å². The van der Waals surface area contributed by atoms with Crippen LogP contribution in [0, 0.1) is 0 Å². The Kier molecular flexibility index (Phi) is 7.37. The molecule has 0 amide bonds. The Morgan fingerprint density at radius 1 is 1.13 bits per heavy atom. The molecular weight excluding hydrogens is 549 g/mol. The fourth-order valence-electron chi connectivity index (χ4n) is 3.74. The van der Waals surface area contributed by atoms with Gasteiger partial charge in [-0.25, -0.2) is 22.5 Å². The Labute approximate surface area is 219 Å². The number of carboxylic acids is 1. The van der Waals surface area contributed by atoms with E-state index >= 15 is 0 Å². The maximum Gasteiger partial charge on any atom is 0.417 e. The number of aliphatic hydroxyl groups is 1. The highest BCUT2D eigenvalue weighted by atomic mass is 35.5. The molecule has 0 bridgehead atoms. The van der Waals surface area contributed by atoms with Crippen LogP contribution in [0.15, 0.2) is 65.8 Å². The minimum atomic E-state index is -4.75. The summed E-state index contributed by atoms with van der Waals surface area (Å²) in [4.78, 5) is 14.6. The molecule has 1 atom stereocenters. The van der Waals surface area contributed by atoms with Crippen LogP contribution in [0.25, 0.3) is 10.9 Å². The SMILES string of the molecule is CC(O)Cn1ncc2cc(CN(c3ncc(C(F)(F)F)cc3Cl)S(=O)(=O)c3ccc(C(=O)O)cc3)ccc21. The maximum absolute atomic E-state index is 13.7. The van der Waals surface area contributed by atoms with E-state index in [2.05, 4.69) is 10.1 Å². The lowest BCUT2D eigenvalue weighted by Crippen LogP contribution is -2.32. The first-order chi connectivity index (χ1) is 17.8. The van der Waals surface area contributed by atoms with Gasteiger partial charge < -0.3 is 10.2 Å². The van der Waals surface area contributed by atoms with E-state index in [1.165, 1.54) is 6.20 Å². The lowest BCUT2D eigenvalue weighted by molar-refractivity contribution is -0.137. The Balaban J connectivity index is 1.80. The summed E-state index contributed by atoms with van der Waals surface area (Å²) in [6.45, 7) is 1.48. The zero-order chi connectivity index (χ0) is 27.8. The molecule has 14 heteroatoms. The number of hydrogen-bond acceptors (Lipinski definition) is 6. The normalized spacial score (nSPS) is 13.0. The van der Waals surface area contributed by atoms with Gasteiger partial charge in [-0.3, -0.25) is 4.68 Å². The summed E-state index contributed by atoms with van der Waals surface area (Å²) >= 11 is 6.12. The number of alkyl halides is 3. The lowest BCUT2D eigenvalue weighted by atomic mass is 10.1. The van der Waals surface area contributed by atoms with Gasteiger partial charge in [-0.05, 0) is 55.0 Å². The van der Waals surface area contributed by atoms with Crippen molar-refractivity contribution in [1.29, 1.82) is 0 Å². The minimum absolute atomic E-state index is 0.152. The van der Waals surface area contributed by atoms with Gasteiger partial charge >= 0.3 is 12.1 Å². The molecule has 0 fully saturated rings. The van der Waals surface area contributed by atoms with Gasteiger partial charge in [-0.1, -0.05) is 17.7 Å². The average Bonchev–Trinajstić information content (AvgIpc) is 3.23. The van der Waals surface area contributed by atoms with Gasteiger partial charge in [0.2, 0.25) is 0 Å². The zero-order valence-corrected chi connectivity index (χ0v) is 21.2. The summed E-state index contributed by atoms with van der Waals surface area (Å²) in [5.41, 5.74) is -0.182. The predicted molar refractivity (Wildman–Crippen MR) is 132 cm³/mol. The predicted octanol–water partition coefficient (Wildman–Crippen LogP) is 4.58. The molecule has 0 spiro atoms. The first kappa shape index (κ1) is 27.4. The number of aliphatic hydroxyl groups excluding tert-OH is 1.